The second-order valence-corrected chi connectivity index (χ2v) is 6.63. The van der Waals surface area contributed by atoms with Crippen molar-refractivity contribution < 1.29 is 23.5 Å². The molecule has 1 aromatic rings. The number of hydrogen-bond donors (Lipinski definition) is 2. The van der Waals surface area contributed by atoms with Crippen LogP contribution in [0.1, 0.15) is 6.42 Å². The molecule has 0 bridgehead atoms. The molecule has 12 heteroatoms. The molecule has 0 aromatic carbocycles. The molecule has 2 atom stereocenters. The van der Waals surface area contributed by atoms with Crippen molar-refractivity contribution in [3.05, 3.63) is 27.7 Å². The van der Waals surface area contributed by atoms with Crippen LogP contribution in [0.4, 0.5) is 5.82 Å². The number of nitrogens with two attached hydrogens (primary N) is 1. The zero-order valence-corrected chi connectivity index (χ0v) is 14.1. The van der Waals surface area contributed by atoms with E-state index >= 15 is 0 Å². The topological polar surface area (TPSA) is 155 Å². The van der Waals surface area contributed by atoms with Crippen LogP contribution >= 0.6 is 7.60 Å². The first-order chi connectivity index (χ1) is 11.4. The first kappa shape index (κ1) is 20.4. The van der Waals surface area contributed by atoms with Crippen LogP contribution in [-0.4, -0.2) is 53.8 Å². The predicted octanol–water partition coefficient (Wildman–Crippen LogP) is 0.173. The van der Waals surface area contributed by atoms with Crippen LogP contribution in [0, 0.1) is 4.91 Å². The molecule has 24 heavy (non-hydrogen) atoms. The number of anilines is 1. The molecule has 0 radical (unpaired) electrons. The highest BCUT2D eigenvalue weighted by Crippen LogP contribution is 2.42. The summed E-state index contributed by atoms with van der Waals surface area (Å²) >= 11 is 0. The van der Waals surface area contributed by atoms with Gasteiger partial charge in [-0.05, 0) is 12.5 Å². The van der Waals surface area contributed by atoms with E-state index in [0.717, 1.165) is 4.57 Å². The Hall–Kier alpha value is -1.65. The highest BCUT2D eigenvalue weighted by Gasteiger charge is 2.23. The van der Waals surface area contributed by atoms with Crippen molar-refractivity contribution in [3.63, 3.8) is 0 Å². The SMILES string of the molecule is COCCCOP(=O)(O)CO[C@H](CN=O)Cn1ccc(N)nc1=O. The lowest BCUT2D eigenvalue weighted by atomic mass is 10.3. The average Bonchev–Trinajstić information content (AvgIpc) is 2.52. The number of nitroso groups, excluding NO2 is 1. The minimum absolute atomic E-state index is 0.0307. The molecule has 1 rings (SSSR count). The van der Waals surface area contributed by atoms with Gasteiger partial charge in [0.15, 0.2) is 0 Å². The Labute approximate surface area is 138 Å². The van der Waals surface area contributed by atoms with E-state index in [1.54, 1.807) is 0 Å². The molecule has 0 aliphatic carbocycles. The van der Waals surface area contributed by atoms with Gasteiger partial charge in [0.1, 0.15) is 18.7 Å². The quantitative estimate of drug-likeness (QED) is 0.300. The fourth-order valence-corrected chi connectivity index (χ4v) is 2.58. The van der Waals surface area contributed by atoms with Crippen molar-refractivity contribution in [2.75, 3.05) is 38.9 Å². The summed E-state index contributed by atoms with van der Waals surface area (Å²) in [6.07, 6.45) is 0.323. The summed E-state index contributed by atoms with van der Waals surface area (Å²) in [5.74, 6) is 0.0616. The molecule has 1 heterocycles. The third-order valence-electron chi connectivity index (χ3n) is 2.83. The van der Waals surface area contributed by atoms with Crippen LogP contribution in [0.3, 0.4) is 0 Å². The molecule has 0 saturated heterocycles. The van der Waals surface area contributed by atoms with Gasteiger partial charge >= 0.3 is 13.3 Å². The van der Waals surface area contributed by atoms with Crippen LogP contribution in [0.5, 0.6) is 0 Å². The highest BCUT2D eigenvalue weighted by atomic mass is 31.2. The maximum absolute atomic E-state index is 11.8. The smallest absolute Gasteiger partial charge is 0.353 e. The summed E-state index contributed by atoms with van der Waals surface area (Å²) in [5, 5.41) is 2.70. The van der Waals surface area contributed by atoms with Gasteiger partial charge < -0.3 is 24.6 Å². The number of hydrogen-bond acceptors (Lipinski definition) is 9. The highest BCUT2D eigenvalue weighted by molar-refractivity contribution is 7.52. The van der Waals surface area contributed by atoms with Crippen molar-refractivity contribution in [3.8, 4) is 0 Å². The number of rotatable bonds is 12. The monoisotopic (exact) mass is 364 g/mol. The van der Waals surface area contributed by atoms with Gasteiger partial charge in [0.2, 0.25) is 0 Å². The zero-order valence-electron chi connectivity index (χ0n) is 13.2. The second kappa shape index (κ2) is 10.3. The molecule has 136 valence electrons. The van der Waals surface area contributed by atoms with Crippen LogP contribution in [0.25, 0.3) is 0 Å². The maximum atomic E-state index is 11.8. The number of methoxy groups -OCH3 is 1. The van der Waals surface area contributed by atoms with Gasteiger partial charge in [0.25, 0.3) is 0 Å². The Morgan fingerprint density at radius 3 is 2.88 bits per heavy atom. The molecule has 0 fully saturated rings. The first-order valence-electron chi connectivity index (χ1n) is 7.07. The van der Waals surface area contributed by atoms with E-state index in [9.17, 15) is 19.2 Å². The van der Waals surface area contributed by atoms with E-state index in [1.165, 1.54) is 19.4 Å². The fraction of sp³-hybridized carbons (Fsp3) is 0.667. The number of aromatic nitrogens is 2. The van der Waals surface area contributed by atoms with Crippen molar-refractivity contribution in [2.24, 2.45) is 5.18 Å². The lowest BCUT2D eigenvalue weighted by Gasteiger charge is -2.18. The minimum atomic E-state index is -3.98. The number of ether oxygens (including phenoxy) is 2. The Morgan fingerprint density at radius 2 is 2.25 bits per heavy atom. The van der Waals surface area contributed by atoms with Crippen molar-refractivity contribution in [1.29, 1.82) is 0 Å². The van der Waals surface area contributed by atoms with Gasteiger partial charge in [-0.2, -0.15) is 9.89 Å². The van der Waals surface area contributed by atoms with E-state index < -0.39 is 25.7 Å². The Kier molecular flexibility index (Phi) is 8.72. The molecule has 0 spiro atoms. The van der Waals surface area contributed by atoms with Gasteiger partial charge in [0, 0.05) is 19.9 Å². The van der Waals surface area contributed by atoms with E-state index in [4.69, 9.17) is 19.7 Å². The standard InChI is InChI=1S/C12H21N4O7P/c1-21-5-2-6-23-24(19,20)9-22-10(7-14-18)8-16-4-3-11(13)15-12(16)17/h3-4,10H,2,5-9H2,1H3,(H,19,20)(H2,13,15,17)/t10-/m1/s1. The van der Waals surface area contributed by atoms with Crippen LogP contribution < -0.4 is 11.4 Å². The maximum Gasteiger partial charge on any atom is 0.353 e. The van der Waals surface area contributed by atoms with Crippen molar-refractivity contribution in [2.45, 2.75) is 19.1 Å². The Bertz CT molecular complexity index is 624. The molecule has 1 unspecified atom stereocenters. The molecule has 0 saturated carbocycles. The summed E-state index contributed by atoms with van der Waals surface area (Å²) in [6, 6.07) is 1.41. The van der Waals surface area contributed by atoms with Gasteiger partial charge in [-0.25, -0.2) is 4.79 Å². The largest absolute Gasteiger partial charge is 0.385 e. The molecule has 1 aromatic heterocycles. The van der Waals surface area contributed by atoms with E-state index in [1.807, 2.05) is 0 Å². The van der Waals surface area contributed by atoms with E-state index in [2.05, 4.69) is 10.2 Å². The summed E-state index contributed by atoms with van der Waals surface area (Å²) < 4.78 is 27.8. The minimum Gasteiger partial charge on any atom is -0.385 e. The summed E-state index contributed by atoms with van der Waals surface area (Å²) in [6.45, 7) is 0.0521. The van der Waals surface area contributed by atoms with Gasteiger partial charge in [0.05, 0.1) is 19.3 Å². The lowest BCUT2D eigenvalue weighted by molar-refractivity contribution is 0.0623. The third-order valence-corrected chi connectivity index (χ3v) is 3.89. The molecule has 11 nitrogen and oxygen atoms in total. The summed E-state index contributed by atoms with van der Waals surface area (Å²) in [7, 11) is -2.47. The molecule has 0 aliphatic rings. The third kappa shape index (κ3) is 7.75. The summed E-state index contributed by atoms with van der Waals surface area (Å²) in [5.41, 5.74) is 4.75. The number of nitrogens with zero attached hydrogens (tertiary/aromatic N) is 3. The molecular weight excluding hydrogens is 343 g/mol. The molecule has 0 aliphatic heterocycles. The molecule has 3 N–H and O–H groups in total. The normalized spacial score (nSPS) is 14.9. The van der Waals surface area contributed by atoms with Crippen molar-refractivity contribution >= 4 is 13.4 Å². The van der Waals surface area contributed by atoms with Crippen LogP contribution in [-0.2, 0) is 25.1 Å². The predicted molar refractivity (Wildman–Crippen MR) is 85.6 cm³/mol. The molecular formula is C12H21N4O7P. The van der Waals surface area contributed by atoms with Crippen molar-refractivity contribution in [1.82, 2.24) is 9.55 Å². The van der Waals surface area contributed by atoms with E-state index in [-0.39, 0.29) is 25.5 Å². The van der Waals surface area contributed by atoms with Crippen LogP contribution in [0.15, 0.2) is 22.2 Å². The Balaban J connectivity index is 2.57. The average molecular weight is 364 g/mol. The lowest BCUT2D eigenvalue weighted by Crippen LogP contribution is -2.31. The second-order valence-electron chi connectivity index (χ2n) is 4.83. The summed E-state index contributed by atoms with van der Waals surface area (Å²) in [4.78, 5) is 35.3. The first-order valence-corrected chi connectivity index (χ1v) is 8.83. The fourth-order valence-electron chi connectivity index (χ4n) is 1.69. The van der Waals surface area contributed by atoms with Gasteiger partial charge in [-0.3, -0.25) is 9.13 Å². The zero-order chi connectivity index (χ0) is 18.0. The van der Waals surface area contributed by atoms with E-state index in [0.29, 0.717) is 13.0 Å². The van der Waals surface area contributed by atoms with Gasteiger partial charge in [-0.1, -0.05) is 5.18 Å². The van der Waals surface area contributed by atoms with Crippen LogP contribution in [0.2, 0.25) is 0 Å². The Morgan fingerprint density at radius 1 is 1.50 bits per heavy atom. The number of nitrogen functional groups attached to an aromatic ring is 1. The molecule has 0 amide bonds. The van der Waals surface area contributed by atoms with Gasteiger partial charge in [-0.15, -0.1) is 0 Å².